The molecule has 1 aromatic carbocycles. The van der Waals surface area contributed by atoms with Crippen molar-refractivity contribution >= 4 is 45.1 Å². The second kappa shape index (κ2) is 5.40. The second-order valence-corrected chi connectivity index (χ2v) is 3.42. The van der Waals surface area contributed by atoms with Crippen LogP contribution in [0.25, 0.3) is 0 Å². The van der Waals surface area contributed by atoms with Crippen molar-refractivity contribution in [1.82, 2.24) is 0 Å². The molecule has 3 heteroatoms. The third kappa shape index (κ3) is 3.34. The number of benzene rings is 1. The second-order valence-electron chi connectivity index (χ2n) is 1.46. The van der Waals surface area contributed by atoms with Gasteiger partial charge >= 0.3 is 0 Å². The lowest BCUT2D eigenvalue weighted by molar-refractivity contribution is 1.78. The van der Waals surface area contributed by atoms with Crippen LogP contribution in [0.5, 0.6) is 0 Å². The molecule has 0 aliphatic carbocycles. The first kappa shape index (κ1) is 9.61. The minimum Gasteiger partial charge on any atom is -0.114 e. The molecule has 0 bridgehead atoms. The lowest BCUT2D eigenvalue weighted by Crippen LogP contribution is -1.85. The Kier molecular flexibility index (Phi) is 5.77. The molecule has 0 amide bonds. The number of halogens is 2. The molecule has 1 unspecified atom stereocenters. The summed E-state index contributed by atoms with van der Waals surface area (Å²) in [5, 5.41) is 1.35. The largest absolute Gasteiger partial charge is 0.114 e. The molecule has 0 radical (unpaired) electrons. The molecule has 50 valence electrons. The molecule has 0 heterocycles. The third-order valence-electron chi connectivity index (χ3n) is 0.883. The zero-order valence-electron chi connectivity index (χ0n) is 4.67. The Bertz CT molecular complexity index is 152. The maximum Gasteiger partial charge on any atom is -0.0161 e. The van der Waals surface area contributed by atoms with Gasteiger partial charge in [-0.15, -0.1) is 17.0 Å². The van der Waals surface area contributed by atoms with E-state index in [1.54, 1.807) is 0 Å². The molecular weight excluding hydrogens is 263 g/mol. The van der Waals surface area contributed by atoms with Gasteiger partial charge in [0.1, 0.15) is 0 Å². The van der Waals surface area contributed by atoms with Crippen LogP contribution in [0.3, 0.4) is 0 Å². The summed E-state index contributed by atoms with van der Waals surface area (Å²) in [6.45, 7) is 0. The van der Waals surface area contributed by atoms with Crippen molar-refractivity contribution in [3.63, 3.8) is 0 Å². The van der Waals surface area contributed by atoms with Gasteiger partial charge in [-0.2, -0.15) is 0 Å². The lowest BCUT2D eigenvalue weighted by atomic mass is 10.4. The van der Waals surface area contributed by atoms with Crippen molar-refractivity contribution in [2.75, 3.05) is 0 Å². The van der Waals surface area contributed by atoms with E-state index in [4.69, 9.17) is 0 Å². The summed E-state index contributed by atoms with van der Waals surface area (Å²) in [4.78, 5) is 0. The van der Waals surface area contributed by atoms with E-state index in [9.17, 15) is 0 Å². The van der Waals surface area contributed by atoms with Crippen LogP contribution in [0.2, 0.25) is 0 Å². The minimum absolute atomic E-state index is 0. The molecule has 0 saturated heterocycles. The molecule has 0 N–H and O–H groups in total. The fraction of sp³-hybridized carbons (Fsp3) is 0. The Morgan fingerprint density at radius 3 is 2.00 bits per heavy atom. The normalized spacial score (nSPS) is 9.44. The van der Waals surface area contributed by atoms with E-state index in [1.165, 1.54) is 5.30 Å². The summed E-state index contributed by atoms with van der Waals surface area (Å²) in [7, 11) is 0.743. The topological polar surface area (TPSA) is 0 Å². The first-order chi connectivity index (χ1) is 3.93. The Morgan fingerprint density at radius 2 is 1.67 bits per heavy atom. The van der Waals surface area contributed by atoms with Gasteiger partial charge < -0.3 is 0 Å². The van der Waals surface area contributed by atoms with Crippen LogP contribution >= 0.6 is 39.8 Å². The molecule has 1 rings (SSSR count). The molecule has 1 atom stereocenters. The Hall–Kier alpha value is 0.610. The van der Waals surface area contributed by atoms with Crippen LogP contribution in [0.15, 0.2) is 30.3 Å². The van der Waals surface area contributed by atoms with Gasteiger partial charge in [0.2, 0.25) is 0 Å². The highest BCUT2D eigenvalue weighted by Crippen LogP contribution is 2.17. The molecule has 1 aromatic rings. The van der Waals surface area contributed by atoms with E-state index in [0.717, 1.165) is 7.28 Å². The summed E-state index contributed by atoms with van der Waals surface area (Å²) in [6.07, 6.45) is 0. The van der Waals surface area contributed by atoms with E-state index in [0.29, 0.717) is 0 Å². The van der Waals surface area contributed by atoms with Crippen molar-refractivity contribution in [3.05, 3.63) is 30.3 Å². The maximum absolute atomic E-state index is 3.39. The van der Waals surface area contributed by atoms with Crippen molar-refractivity contribution in [3.8, 4) is 0 Å². The molecular formula is C6H7Br2P. The van der Waals surface area contributed by atoms with E-state index < -0.39 is 0 Å². The highest BCUT2D eigenvalue weighted by Gasteiger charge is 1.81. The van der Waals surface area contributed by atoms with Gasteiger partial charge in [0, 0.05) is 0 Å². The van der Waals surface area contributed by atoms with E-state index in [1.807, 2.05) is 18.2 Å². The van der Waals surface area contributed by atoms with Gasteiger partial charge in [-0.05, 0) is 12.6 Å². The predicted molar refractivity (Wildman–Crippen MR) is 53.6 cm³/mol. The Labute approximate surface area is 75.3 Å². The summed E-state index contributed by atoms with van der Waals surface area (Å²) in [6, 6.07) is 10.3. The van der Waals surface area contributed by atoms with Gasteiger partial charge in [0.05, 0.1) is 0 Å². The van der Waals surface area contributed by atoms with Gasteiger partial charge in [-0.25, -0.2) is 0 Å². The Morgan fingerprint density at radius 1 is 1.11 bits per heavy atom. The van der Waals surface area contributed by atoms with E-state index >= 15 is 0 Å². The van der Waals surface area contributed by atoms with E-state index in [2.05, 4.69) is 27.6 Å². The van der Waals surface area contributed by atoms with Gasteiger partial charge in [-0.1, -0.05) is 45.8 Å². The van der Waals surface area contributed by atoms with Crippen LogP contribution in [0.4, 0.5) is 0 Å². The van der Waals surface area contributed by atoms with Crippen LogP contribution in [0.1, 0.15) is 0 Å². The average molecular weight is 270 g/mol. The van der Waals surface area contributed by atoms with Crippen molar-refractivity contribution in [2.45, 2.75) is 0 Å². The first-order valence-corrected chi connectivity index (χ1v) is 5.61. The first-order valence-electron chi connectivity index (χ1n) is 2.35. The summed E-state index contributed by atoms with van der Waals surface area (Å²) < 4.78 is 0. The van der Waals surface area contributed by atoms with Crippen LogP contribution in [-0.4, -0.2) is 0 Å². The van der Waals surface area contributed by atoms with Crippen LogP contribution in [0, 0.1) is 0 Å². The lowest BCUT2D eigenvalue weighted by Gasteiger charge is -1.88. The molecule has 0 saturated carbocycles. The predicted octanol–water partition coefficient (Wildman–Crippen LogP) is 2.88. The molecule has 0 fully saturated rings. The molecule has 0 spiro atoms. The minimum atomic E-state index is 0. The molecule has 0 aromatic heterocycles. The zero-order chi connectivity index (χ0) is 5.82. The SMILES string of the molecule is Br.BrPc1ccccc1. The van der Waals surface area contributed by atoms with Gasteiger partial charge in [0.25, 0.3) is 0 Å². The summed E-state index contributed by atoms with van der Waals surface area (Å²) in [5.74, 6) is 0. The van der Waals surface area contributed by atoms with Crippen molar-refractivity contribution in [2.24, 2.45) is 0 Å². The molecule has 9 heavy (non-hydrogen) atoms. The summed E-state index contributed by atoms with van der Waals surface area (Å²) in [5.41, 5.74) is 0. The molecule has 0 nitrogen and oxygen atoms in total. The maximum atomic E-state index is 3.39. The van der Waals surface area contributed by atoms with Crippen LogP contribution in [-0.2, 0) is 0 Å². The summed E-state index contributed by atoms with van der Waals surface area (Å²) >= 11 is 3.39. The number of hydrogen-bond acceptors (Lipinski definition) is 0. The monoisotopic (exact) mass is 268 g/mol. The Balaban J connectivity index is 0.000000640. The van der Waals surface area contributed by atoms with Crippen molar-refractivity contribution in [1.29, 1.82) is 0 Å². The number of hydrogen-bond donors (Lipinski definition) is 0. The number of rotatable bonds is 1. The van der Waals surface area contributed by atoms with E-state index in [-0.39, 0.29) is 17.0 Å². The molecule has 0 aliphatic heterocycles. The standard InChI is InChI=1S/C6H6BrP.BrH/c7-8-6-4-2-1-3-5-6;/h1-5,8H;1H. The van der Waals surface area contributed by atoms with Gasteiger partial charge in [-0.3, -0.25) is 0 Å². The molecule has 0 aliphatic rings. The average Bonchev–Trinajstić information content (AvgIpc) is 1.90. The van der Waals surface area contributed by atoms with Crippen LogP contribution < -0.4 is 5.30 Å². The quantitative estimate of drug-likeness (QED) is 0.688. The zero-order valence-corrected chi connectivity index (χ0v) is 8.97. The highest BCUT2D eigenvalue weighted by atomic mass is 79.9. The van der Waals surface area contributed by atoms with Crippen molar-refractivity contribution < 1.29 is 0 Å². The fourth-order valence-corrected chi connectivity index (χ4v) is 1.61. The highest BCUT2D eigenvalue weighted by molar-refractivity contribution is 9.37. The van der Waals surface area contributed by atoms with Gasteiger partial charge in [0.15, 0.2) is 0 Å². The smallest absolute Gasteiger partial charge is 0.0161 e. The fourth-order valence-electron chi connectivity index (χ4n) is 0.501. The third-order valence-corrected chi connectivity index (χ3v) is 2.81.